The molecule has 0 amide bonds. The maximum absolute atomic E-state index is 10.5. The molecular formula is C17H36IN3O3. The zero-order valence-corrected chi connectivity index (χ0v) is 18.0. The van der Waals surface area contributed by atoms with Gasteiger partial charge in [0, 0.05) is 45.8 Å². The topological polar surface area (TPSA) is 75.1 Å². The molecule has 1 atom stereocenters. The Labute approximate surface area is 164 Å². The van der Waals surface area contributed by atoms with Crippen molar-refractivity contribution in [1.29, 1.82) is 0 Å². The Kier molecular flexibility index (Phi) is 13.1. The molecule has 0 spiro atoms. The molecule has 1 unspecified atom stereocenters. The first-order valence-corrected chi connectivity index (χ1v) is 8.94. The Morgan fingerprint density at radius 2 is 1.92 bits per heavy atom. The lowest BCUT2D eigenvalue weighted by molar-refractivity contribution is -0.0566. The van der Waals surface area contributed by atoms with E-state index in [0.717, 1.165) is 32.1 Å². The molecule has 6 nitrogen and oxygen atoms in total. The van der Waals surface area contributed by atoms with Crippen molar-refractivity contribution in [3.8, 4) is 0 Å². The molecule has 0 bridgehead atoms. The van der Waals surface area contributed by atoms with E-state index in [1.165, 1.54) is 0 Å². The molecule has 1 heterocycles. The molecule has 0 aromatic carbocycles. The highest BCUT2D eigenvalue weighted by atomic mass is 127. The summed E-state index contributed by atoms with van der Waals surface area (Å²) in [5.41, 5.74) is -0.730. The van der Waals surface area contributed by atoms with Crippen molar-refractivity contribution in [3.05, 3.63) is 0 Å². The van der Waals surface area contributed by atoms with Gasteiger partial charge in [-0.1, -0.05) is 13.8 Å². The molecule has 1 aliphatic heterocycles. The number of halogens is 1. The Hall–Kier alpha value is -0.120. The molecule has 3 N–H and O–H groups in total. The molecule has 144 valence electrons. The van der Waals surface area contributed by atoms with Gasteiger partial charge in [0.1, 0.15) is 0 Å². The zero-order valence-electron chi connectivity index (χ0n) is 15.6. The van der Waals surface area contributed by atoms with E-state index in [9.17, 15) is 5.11 Å². The van der Waals surface area contributed by atoms with E-state index in [1.807, 2.05) is 13.8 Å². The number of guanidine groups is 1. The van der Waals surface area contributed by atoms with Gasteiger partial charge in [0.05, 0.1) is 18.2 Å². The number of nitrogens with zero attached hydrogens (tertiary/aromatic N) is 1. The van der Waals surface area contributed by atoms with Gasteiger partial charge in [-0.15, -0.1) is 24.0 Å². The minimum atomic E-state index is -0.730. The highest BCUT2D eigenvalue weighted by Crippen LogP contribution is 2.20. The number of aliphatic imine (C=N–C) groups is 1. The Balaban J connectivity index is 0.00000529. The molecule has 0 aliphatic carbocycles. The summed E-state index contributed by atoms with van der Waals surface area (Å²) in [6.45, 7) is 12.4. The third-order valence-electron chi connectivity index (χ3n) is 4.14. The molecule has 0 aromatic heterocycles. The van der Waals surface area contributed by atoms with Crippen LogP contribution in [0, 0.1) is 5.92 Å². The van der Waals surface area contributed by atoms with Crippen LogP contribution in [0.15, 0.2) is 4.99 Å². The summed E-state index contributed by atoms with van der Waals surface area (Å²) < 4.78 is 11.1. The number of nitrogens with one attached hydrogen (secondary N) is 2. The van der Waals surface area contributed by atoms with E-state index < -0.39 is 5.60 Å². The maximum atomic E-state index is 10.5. The highest BCUT2D eigenvalue weighted by Gasteiger charge is 2.29. The average molecular weight is 457 g/mol. The Morgan fingerprint density at radius 1 is 1.25 bits per heavy atom. The van der Waals surface area contributed by atoms with E-state index >= 15 is 0 Å². The third kappa shape index (κ3) is 9.39. The van der Waals surface area contributed by atoms with Crippen molar-refractivity contribution >= 4 is 29.9 Å². The molecule has 1 rings (SSSR count). The van der Waals surface area contributed by atoms with Gasteiger partial charge < -0.3 is 25.2 Å². The molecule has 0 radical (unpaired) electrons. The minimum Gasteiger partial charge on any atom is -0.388 e. The fourth-order valence-electron chi connectivity index (χ4n) is 2.63. The van der Waals surface area contributed by atoms with Crippen LogP contribution in [-0.4, -0.2) is 62.2 Å². The third-order valence-corrected chi connectivity index (χ3v) is 4.14. The SMILES string of the molecule is CCNC(=NCC1(O)CCOCC1)NCCC(OCC)C(C)C.I. The minimum absolute atomic E-state index is 0. The van der Waals surface area contributed by atoms with Gasteiger partial charge in [-0.3, -0.25) is 4.99 Å². The van der Waals surface area contributed by atoms with Crippen LogP contribution in [0.3, 0.4) is 0 Å². The highest BCUT2D eigenvalue weighted by molar-refractivity contribution is 14.0. The summed E-state index contributed by atoms with van der Waals surface area (Å²) >= 11 is 0. The quantitative estimate of drug-likeness (QED) is 0.281. The van der Waals surface area contributed by atoms with Crippen LogP contribution in [0.25, 0.3) is 0 Å². The predicted molar refractivity (Wildman–Crippen MR) is 109 cm³/mol. The van der Waals surface area contributed by atoms with Crippen molar-refractivity contribution in [1.82, 2.24) is 10.6 Å². The van der Waals surface area contributed by atoms with Crippen LogP contribution < -0.4 is 10.6 Å². The van der Waals surface area contributed by atoms with E-state index in [0.29, 0.717) is 38.5 Å². The monoisotopic (exact) mass is 457 g/mol. The number of hydrogen-bond donors (Lipinski definition) is 3. The van der Waals surface area contributed by atoms with Crippen LogP contribution in [0.5, 0.6) is 0 Å². The lowest BCUT2D eigenvalue weighted by Gasteiger charge is -2.30. The zero-order chi connectivity index (χ0) is 17.1. The second-order valence-electron chi connectivity index (χ2n) is 6.49. The molecule has 7 heteroatoms. The van der Waals surface area contributed by atoms with Crippen molar-refractivity contribution in [2.45, 2.75) is 58.7 Å². The van der Waals surface area contributed by atoms with Gasteiger partial charge in [-0.25, -0.2) is 0 Å². The van der Waals surface area contributed by atoms with Crippen LogP contribution in [0.2, 0.25) is 0 Å². The van der Waals surface area contributed by atoms with Crippen LogP contribution in [0.1, 0.15) is 47.0 Å². The summed E-state index contributed by atoms with van der Waals surface area (Å²) in [6, 6.07) is 0. The molecule has 1 fully saturated rings. The van der Waals surface area contributed by atoms with Crippen LogP contribution >= 0.6 is 24.0 Å². The van der Waals surface area contributed by atoms with Gasteiger partial charge in [0.25, 0.3) is 0 Å². The fourth-order valence-corrected chi connectivity index (χ4v) is 2.63. The second-order valence-corrected chi connectivity index (χ2v) is 6.49. The molecule has 1 aliphatic rings. The first-order chi connectivity index (χ1) is 11.0. The average Bonchev–Trinajstić information content (AvgIpc) is 2.52. The summed E-state index contributed by atoms with van der Waals surface area (Å²) in [4.78, 5) is 4.54. The molecule has 24 heavy (non-hydrogen) atoms. The number of ether oxygens (including phenoxy) is 2. The van der Waals surface area contributed by atoms with Gasteiger partial charge in [-0.2, -0.15) is 0 Å². The van der Waals surface area contributed by atoms with Crippen molar-refractivity contribution in [2.24, 2.45) is 10.9 Å². The van der Waals surface area contributed by atoms with Gasteiger partial charge >= 0.3 is 0 Å². The van der Waals surface area contributed by atoms with E-state index in [1.54, 1.807) is 0 Å². The smallest absolute Gasteiger partial charge is 0.191 e. The van der Waals surface area contributed by atoms with Crippen molar-refractivity contribution < 1.29 is 14.6 Å². The number of rotatable bonds is 9. The number of hydrogen-bond acceptors (Lipinski definition) is 4. The Bertz CT molecular complexity index is 348. The van der Waals surface area contributed by atoms with Gasteiger partial charge in [0.2, 0.25) is 0 Å². The molecule has 1 saturated heterocycles. The summed E-state index contributed by atoms with van der Waals surface area (Å²) in [5, 5.41) is 17.0. The van der Waals surface area contributed by atoms with Crippen molar-refractivity contribution in [3.63, 3.8) is 0 Å². The predicted octanol–water partition coefficient (Wildman–Crippen LogP) is 2.15. The fraction of sp³-hybridized carbons (Fsp3) is 0.941. The normalized spacial score (nSPS) is 18.8. The Morgan fingerprint density at radius 3 is 2.46 bits per heavy atom. The largest absolute Gasteiger partial charge is 0.388 e. The molecule has 0 saturated carbocycles. The first-order valence-electron chi connectivity index (χ1n) is 8.94. The van der Waals surface area contributed by atoms with Crippen LogP contribution in [-0.2, 0) is 9.47 Å². The van der Waals surface area contributed by atoms with Gasteiger partial charge in [0.15, 0.2) is 5.96 Å². The van der Waals surface area contributed by atoms with Gasteiger partial charge in [-0.05, 0) is 26.2 Å². The lowest BCUT2D eigenvalue weighted by atomic mass is 9.95. The van der Waals surface area contributed by atoms with E-state index in [4.69, 9.17) is 9.47 Å². The molecule has 0 aromatic rings. The summed E-state index contributed by atoms with van der Waals surface area (Å²) in [6.07, 6.45) is 2.49. The second kappa shape index (κ2) is 13.1. The number of aliphatic hydroxyl groups is 1. The summed E-state index contributed by atoms with van der Waals surface area (Å²) in [5.74, 6) is 1.26. The van der Waals surface area contributed by atoms with E-state index in [2.05, 4.69) is 29.5 Å². The maximum Gasteiger partial charge on any atom is 0.191 e. The summed E-state index contributed by atoms with van der Waals surface area (Å²) in [7, 11) is 0. The first kappa shape index (κ1) is 23.9. The van der Waals surface area contributed by atoms with E-state index in [-0.39, 0.29) is 30.1 Å². The van der Waals surface area contributed by atoms with Crippen molar-refractivity contribution in [2.75, 3.05) is 39.5 Å². The van der Waals surface area contributed by atoms with Crippen LogP contribution in [0.4, 0.5) is 0 Å². The standard InChI is InChI=1S/C17H35N3O3.HI/c1-5-18-16(19-10-7-15(14(3)4)23-6-2)20-13-17(21)8-11-22-12-9-17;/h14-15,21H,5-13H2,1-4H3,(H2,18,19,20);1H. The molecular weight excluding hydrogens is 421 g/mol. The lowest BCUT2D eigenvalue weighted by Crippen LogP contribution is -2.43.